The van der Waals surface area contributed by atoms with Crippen LogP contribution in [0.15, 0.2) is 6.20 Å². The molecule has 1 aromatic rings. The monoisotopic (exact) mass is 210 g/mol. The van der Waals surface area contributed by atoms with E-state index in [1.807, 2.05) is 10.9 Å². The van der Waals surface area contributed by atoms with Crippen LogP contribution in [0.2, 0.25) is 0 Å². The number of nitrogens with zero attached hydrogens (tertiary/aromatic N) is 4. The van der Waals surface area contributed by atoms with Gasteiger partial charge in [0.1, 0.15) is 0 Å². The van der Waals surface area contributed by atoms with Crippen LogP contribution in [-0.2, 0) is 13.1 Å². The Labute approximate surface area is 92.3 Å². The summed E-state index contributed by atoms with van der Waals surface area (Å²) in [7, 11) is 0. The lowest BCUT2D eigenvalue weighted by Crippen LogP contribution is -2.33. The Bertz CT molecular complexity index is 277. The number of fused-ring (bicyclic) bond motifs is 1. The third-order valence-electron chi connectivity index (χ3n) is 2.16. The van der Waals surface area contributed by atoms with Gasteiger partial charge in [-0.2, -0.15) is 0 Å². The number of likely N-dealkylation sites (N-methyl/N-ethyl adjacent to an activating group) is 1. The van der Waals surface area contributed by atoms with Crippen LogP contribution in [0.1, 0.15) is 33.4 Å². The van der Waals surface area contributed by atoms with Gasteiger partial charge in [-0.25, -0.2) is 4.68 Å². The quantitative estimate of drug-likeness (QED) is 0.708. The predicted octanol–water partition coefficient (Wildman–Crippen LogP) is 1.78. The lowest BCUT2D eigenvalue weighted by Gasteiger charge is -2.25. The summed E-state index contributed by atoms with van der Waals surface area (Å²) >= 11 is 0. The van der Waals surface area contributed by atoms with Gasteiger partial charge in [0, 0.05) is 13.1 Å². The zero-order valence-electron chi connectivity index (χ0n) is 10.3. The Morgan fingerprint density at radius 3 is 2.60 bits per heavy atom. The molecule has 4 heteroatoms. The molecule has 0 saturated carbocycles. The van der Waals surface area contributed by atoms with Crippen LogP contribution in [0.25, 0.3) is 0 Å². The van der Waals surface area contributed by atoms with Crippen molar-refractivity contribution in [2.75, 3.05) is 13.1 Å². The summed E-state index contributed by atoms with van der Waals surface area (Å²) in [6, 6.07) is 0. The van der Waals surface area contributed by atoms with Crippen molar-refractivity contribution in [2.24, 2.45) is 5.92 Å². The Balaban J connectivity index is 0.000000245. The third kappa shape index (κ3) is 4.00. The number of hydrogen-bond acceptors (Lipinski definition) is 3. The zero-order chi connectivity index (χ0) is 11.3. The molecule has 2 heterocycles. The summed E-state index contributed by atoms with van der Waals surface area (Å²) in [6.07, 6.45) is 1.85. The molecule has 1 aliphatic rings. The van der Waals surface area contributed by atoms with E-state index < -0.39 is 0 Å². The fourth-order valence-electron chi connectivity index (χ4n) is 1.40. The molecule has 0 spiro atoms. The Kier molecular flexibility index (Phi) is 4.75. The van der Waals surface area contributed by atoms with Gasteiger partial charge in [-0.15, -0.1) is 5.10 Å². The van der Waals surface area contributed by atoms with Crippen LogP contribution < -0.4 is 0 Å². The van der Waals surface area contributed by atoms with Crippen LogP contribution in [-0.4, -0.2) is 33.0 Å². The minimum Gasteiger partial charge on any atom is -0.296 e. The van der Waals surface area contributed by atoms with Gasteiger partial charge in [0.15, 0.2) is 0 Å². The highest BCUT2D eigenvalue weighted by atomic mass is 15.4. The summed E-state index contributed by atoms with van der Waals surface area (Å²) in [4.78, 5) is 2.39. The Morgan fingerprint density at radius 2 is 2.00 bits per heavy atom. The number of hydrogen-bond donors (Lipinski definition) is 0. The van der Waals surface area contributed by atoms with Crippen LogP contribution in [0, 0.1) is 5.92 Å². The van der Waals surface area contributed by atoms with E-state index in [2.05, 4.69) is 42.9 Å². The molecule has 0 aliphatic carbocycles. The highest BCUT2D eigenvalue weighted by molar-refractivity contribution is 4.96. The molecular formula is C11H22N4. The largest absolute Gasteiger partial charge is 0.296 e. The van der Waals surface area contributed by atoms with Crippen molar-refractivity contribution in [3.8, 4) is 0 Å². The molecule has 0 amide bonds. The number of rotatable bonds is 1. The predicted molar refractivity (Wildman–Crippen MR) is 61.5 cm³/mol. The summed E-state index contributed by atoms with van der Waals surface area (Å²) in [6.45, 7) is 12.9. The fourth-order valence-corrected chi connectivity index (χ4v) is 1.40. The van der Waals surface area contributed by atoms with Crippen molar-refractivity contribution in [3.05, 3.63) is 11.9 Å². The maximum atomic E-state index is 3.97. The molecule has 2 rings (SSSR count). The van der Waals surface area contributed by atoms with Crippen molar-refractivity contribution in [1.29, 1.82) is 0 Å². The van der Waals surface area contributed by atoms with Gasteiger partial charge in [0.05, 0.1) is 18.4 Å². The van der Waals surface area contributed by atoms with E-state index in [0.29, 0.717) is 0 Å². The highest BCUT2D eigenvalue weighted by Gasteiger charge is 2.14. The normalized spacial score (nSPS) is 15.8. The molecule has 0 N–H and O–H groups in total. The first-order valence-electron chi connectivity index (χ1n) is 5.73. The van der Waals surface area contributed by atoms with E-state index in [-0.39, 0.29) is 0 Å². The molecule has 0 atom stereocenters. The van der Waals surface area contributed by atoms with Crippen LogP contribution in [0.3, 0.4) is 0 Å². The van der Waals surface area contributed by atoms with Crippen molar-refractivity contribution in [1.82, 2.24) is 19.9 Å². The Morgan fingerprint density at radius 1 is 1.33 bits per heavy atom. The smallest absolute Gasteiger partial charge is 0.0738 e. The molecular weight excluding hydrogens is 188 g/mol. The standard InChI is InChI=1S/C7H12N4.C4H10/c1-2-10-3-4-11-7(6-10)5-8-9-11;1-4(2)3/h5H,2-4,6H2,1H3;4H,1-3H3. The highest BCUT2D eigenvalue weighted by Crippen LogP contribution is 2.08. The van der Waals surface area contributed by atoms with Gasteiger partial charge in [0.2, 0.25) is 0 Å². The molecule has 0 fully saturated rings. The van der Waals surface area contributed by atoms with Gasteiger partial charge < -0.3 is 0 Å². The van der Waals surface area contributed by atoms with Gasteiger partial charge in [0.25, 0.3) is 0 Å². The average Bonchev–Trinajstić information content (AvgIpc) is 2.63. The summed E-state index contributed by atoms with van der Waals surface area (Å²) in [5.74, 6) is 0.833. The van der Waals surface area contributed by atoms with E-state index in [1.54, 1.807) is 0 Å². The second-order valence-corrected chi connectivity index (χ2v) is 4.55. The van der Waals surface area contributed by atoms with Gasteiger partial charge in [-0.1, -0.05) is 32.9 Å². The minimum atomic E-state index is 0.833. The zero-order valence-corrected chi connectivity index (χ0v) is 10.3. The first kappa shape index (κ1) is 12.2. The van der Waals surface area contributed by atoms with Crippen molar-refractivity contribution in [2.45, 2.75) is 40.8 Å². The van der Waals surface area contributed by atoms with E-state index in [0.717, 1.165) is 32.1 Å². The minimum absolute atomic E-state index is 0.833. The number of aromatic nitrogens is 3. The molecule has 0 radical (unpaired) electrons. The molecule has 1 aromatic heterocycles. The summed E-state index contributed by atoms with van der Waals surface area (Å²) in [5.41, 5.74) is 1.23. The first-order valence-corrected chi connectivity index (χ1v) is 5.73. The van der Waals surface area contributed by atoms with Crippen LogP contribution >= 0.6 is 0 Å². The van der Waals surface area contributed by atoms with Crippen molar-refractivity contribution >= 4 is 0 Å². The van der Waals surface area contributed by atoms with Gasteiger partial charge >= 0.3 is 0 Å². The lowest BCUT2D eigenvalue weighted by molar-refractivity contribution is 0.223. The lowest BCUT2D eigenvalue weighted by atomic mass is 10.3. The molecule has 15 heavy (non-hydrogen) atoms. The molecule has 0 unspecified atom stereocenters. The Hall–Kier alpha value is -0.900. The second-order valence-electron chi connectivity index (χ2n) is 4.55. The van der Waals surface area contributed by atoms with E-state index in [9.17, 15) is 0 Å². The maximum absolute atomic E-state index is 3.97. The molecule has 0 saturated heterocycles. The molecule has 86 valence electrons. The average molecular weight is 210 g/mol. The third-order valence-corrected chi connectivity index (χ3v) is 2.16. The van der Waals surface area contributed by atoms with E-state index >= 15 is 0 Å². The van der Waals surface area contributed by atoms with Crippen molar-refractivity contribution in [3.63, 3.8) is 0 Å². The molecule has 1 aliphatic heterocycles. The summed E-state index contributed by atoms with van der Waals surface area (Å²) < 4.78 is 1.98. The van der Waals surface area contributed by atoms with Crippen LogP contribution in [0.4, 0.5) is 0 Å². The van der Waals surface area contributed by atoms with Gasteiger partial charge in [-0.05, 0) is 12.5 Å². The topological polar surface area (TPSA) is 34.0 Å². The molecule has 0 bridgehead atoms. The SMILES string of the molecule is CC(C)C.CCN1CCn2nncc2C1. The van der Waals surface area contributed by atoms with Crippen molar-refractivity contribution < 1.29 is 0 Å². The van der Waals surface area contributed by atoms with E-state index in [4.69, 9.17) is 0 Å². The van der Waals surface area contributed by atoms with Gasteiger partial charge in [-0.3, -0.25) is 4.90 Å². The summed E-state index contributed by atoms with van der Waals surface area (Å²) in [5, 5.41) is 7.82. The van der Waals surface area contributed by atoms with E-state index in [1.165, 1.54) is 5.69 Å². The van der Waals surface area contributed by atoms with Crippen LogP contribution in [0.5, 0.6) is 0 Å². The first-order chi connectivity index (χ1) is 7.13. The molecule has 0 aromatic carbocycles. The maximum Gasteiger partial charge on any atom is 0.0738 e. The second kappa shape index (κ2) is 5.85. The fraction of sp³-hybridized carbons (Fsp3) is 0.818. The molecule has 4 nitrogen and oxygen atoms in total.